The number of rotatable bonds is 7. The molecule has 18 heavy (non-hydrogen) atoms. The Hall–Kier alpha value is 0.0900. The van der Waals surface area contributed by atoms with Crippen molar-refractivity contribution in [2.45, 2.75) is 43.9 Å². The maximum atomic E-state index is 12.2. The Morgan fingerprint density at radius 3 is 2.50 bits per heavy atom. The summed E-state index contributed by atoms with van der Waals surface area (Å²) in [6, 6.07) is 3.55. The van der Waals surface area contributed by atoms with Crippen LogP contribution >= 0.6 is 27.3 Å². The van der Waals surface area contributed by atoms with Crippen LogP contribution in [0, 0.1) is 5.92 Å². The van der Waals surface area contributed by atoms with Gasteiger partial charge in [0.1, 0.15) is 4.21 Å². The smallest absolute Gasteiger partial charge is 0.207 e. The lowest BCUT2D eigenvalue weighted by Gasteiger charge is -2.20. The normalized spacial score (nSPS) is 14.1. The number of sulfonamides is 1. The van der Waals surface area contributed by atoms with Crippen molar-refractivity contribution in [1.29, 1.82) is 0 Å². The first-order valence-corrected chi connectivity index (χ1v) is 9.49. The van der Waals surface area contributed by atoms with Gasteiger partial charge in [0.15, 0.2) is 0 Å². The Morgan fingerprint density at radius 1 is 1.39 bits per heavy atom. The molecule has 0 radical (unpaired) electrons. The lowest BCUT2D eigenvalue weighted by Crippen LogP contribution is -2.38. The fourth-order valence-electron chi connectivity index (χ4n) is 1.60. The van der Waals surface area contributed by atoms with Crippen molar-refractivity contribution in [3.63, 3.8) is 0 Å². The molecule has 0 spiro atoms. The lowest BCUT2D eigenvalue weighted by molar-refractivity contribution is 0.441. The fraction of sp³-hybridized carbons (Fsp3) is 0.667. The molecule has 0 saturated heterocycles. The maximum Gasteiger partial charge on any atom is 0.250 e. The zero-order valence-corrected chi connectivity index (χ0v) is 14.2. The van der Waals surface area contributed by atoms with Gasteiger partial charge in [-0.25, -0.2) is 13.1 Å². The van der Waals surface area contributed by atoms with E-state index in [-0.39, 0.29) is 12.0 Å². The topological polar surface area (TPSA) is 46.2 Å². The molecule has 0 saturated carbocycles. The Labute approximate surface area is 122 Å². The monoisotopic (exact) mass is 353 g/mol. The van der Waals surface area contributed by atoms with Crippen molar-refractivity contribution in [2.75, 3.05) is 5.33 Å². The third kappa shape index (κ3) is 4.33. The van der Waals surface area contributed by atoms with E-state index >= 15 is 0 Å². The van der Waals surface area contributed by atoms with E-state index < -0.39 is 10.0 Å². The molecule has 0 bridgehead atoms. The SMILES string of the molecule is CCc1ccc(S(=O)(=O)NC(CCBr)C(C)C)s1. The molecule has 1 atom stereocenters. The summed E-state index contributed by atoms with van der Waals surface area (Å²) in [4.78, 5) is 1.09. The summed E-state index contributed by atoms with van der Waals surface area (Å²) in [5.74, 6) is 0.280. The van der Waals surface area contributed by atoms with Crippen molar-refractivity contribution in [3.05, 3.63) is 17.0 Å². The van der Waals surface area contributed by atoms with Crippen LogP contribution < -0.4 is 4.72 Å². The van der Waals surface area contributed by atoms with Gasteiger partial charge in [-0.05, 0) is 30.9 Å². The van der Waals surface area contributed by atoms with Gasteiger partial charge in [0.05, 0.1) is 0 Å². The van der Waals surface area contributed by atoms with Crippen LogP contribution in [0.2, 0.25) is 0 Å². The molecule has 0 fully saturated rings. The molecular formula is C12H20BrNO2S2. The van der Waals surface area contributed by atoms with E-state index in [1.54, 1.807) is 6.07 Å². The average Bonchev–Trinajstić information content (AvgIpc) is 2.77. The van der Waals surface area contributed by atoms with Crippen LogP contribution in [0.5, 0.6) is 0 Å². The summed E-state index contributed by atoms with van der Waals surface area (Å²) in [5, 5.41) is 0.795. The number of thiophene rings is 1. The standard InChI is InChI=1S/C12H20BrNO2S2/c1-4-10-5-6-12(17-10)18(15,16)14-11(7-8-13)9(2)3/h5-6,9,11,14H,4,7-8H2,1-3H3. The van der Waals surface area contributed by atoms with Crippen LogP contribution in [0.3, 0.4) is 0 Å². The number of hydrogen-bond donors (Lipinski definition) is 1. The first-order valence-electron chi connectivity index (χ1n) is 6.07. The number of hydrogen-bond acceptors (Lipinski definition) is 3. The van der Waals surface area contributed by atoms with Gasteiger partial charge < -0.3 is 0 Å². The van der Waals surface area contributed by atoms with Crippen LogP contribution in [-0.4, -0.2) is 19.8 Å². The van der Waals surface area contributed by atoms with Gasteiger partial charge in [0.2, 0.25) is 10.0 Å². The van der Waals surface area contributed by atoms with Crippen LogP contribution in [0.15, 0.2) is 16.3 Å². The van der Waals surface area contributed by atoms with Crippen molar-refractivity contribution >= 4 is 37.3 Å². The first-order chi connectivity index (χ1) is 8.40. The van der Waals surface area contributed by atoms with Crippen molar-refractivity contribution < 1.29 is 8.42 Å². The second-order valence-corrected chi connectivity index (χ2v) is 8.43. The molecule has 1 rings (SSSR count). The summed E-state index contributed by atoms with van der Waals surface area (Å²) in [6.07, 6.45) is 1.66. The zero-order chi connectivity index (χ0) is 13.8. The highest BCUT2D eigenvalue weighted by Gasteiger charge is 2.23. The minimum atomic E-state index is -3.37. The van der Waals surface area contributed by atoms with Gasteiger partial charge >= 0.3 is 0 Å². The predicted molar refractivity (Wildman–Crippen MR) is 81.1 cm³/mol. The third-order valence-corrected chi connectivity index (χ3v) is 6.45. The molecule has 0 aromatic carbocycles. The van der Waals surface area contributed by atoms with Crippen molar-refractivity contribution in [1.82, 2.24) is 4.72 Å². The minimum absolute atomic E-state index is 0.0263. The highest BCUT2D eigenvalue weighted by Crippen LogP contribution is 2.23. The lowest BCUT2D eigenvalue weighted by atomic mass is 10.0. The molecule has 1 aromatic heterocycles. The third-order valence-electron chi connectivity index (χ3n) is 2.78. The van der Waals surface area contributed by atoms with Crippen LogP contribution in [0.4, 0.5) is 0 Å². The largest absolute Gasteiger partial charge is 0.250 e. The number of alkyl halides is 1. The molecule has 0 aliphatic heterocycles. The second kappa shape index (κ2) is 7.03. The van der Waals surface area contributed by atoms with Gasteiger partial charge in [-0.1, -0.05) is 36.7 Å². The first kappa shape index (κ1) is 16.1. The summed E-state index contributed by atoms with van der Waals surface area (Å²) in [5.41, 5.74) is 0. The predicted octanol–water partition coefficient (Wildman–Crippen LogP) is 3.40. The molecule has 1 aromatic rings. The van der Waals surface area contributed by atoms with E-state index in [1.165, 1.54) is 11.3 Å². The van der Waals surface area contributed by atoms with E-state index in [0.717, 1.165) is 23.0 Å². The van der Waals surface area contributed by atoms with Gasteiger partial charge in [-0.3, -0.25) is 0 Å². The van der Waals surface area contributed by atoms with Gasteiger partial charge in [-0.15, -0.1) is 11.3 Å². The zero-order valence-electron chi connectivity index (χ0n) is 10.9. The molecule has 0 aliphatic rings. The Morgan fingerprint density at radius 2 is 2.06 bits per heavy atom. The van der Waals surface area contributed by atoms with E-state index in [4.69, 9.17) is 0 Å². The average molecular weight is 354 g/mol. The van der Waals surface area contributed by atoms with Gasteiger partial charge in [0, 0.05) is 16.2 Å². The molecule has 1 unspecified atom stereocenters. The second-order valence-electron chi connectivity index (χ2n) is 4.52. The summed E-state index contributed by atoms with van der Waals surface area (Å²) in [7, 11) is -3.37. The van der Waals surface area contributed by atoms with Crippen molar-refractivity contribution in [3.8, 4) is 0 Å². The summed E-state index contributed by atoms with van der Waals surface area (Å²) >= 11 is 4.71. The number of aryl methyl sites for hydroxylation is 1. The number of halogens is 1. The van der Waals surface area contributed by atoms with E-state index in [1.807, 2.05) is 26.8 Å². The Bertz CT molecular complexity index is 468. The fourth-order valence-corrected chi connectivity index (χ4v) is 4.82. The van der Waals surface area contributed by atoms with Crippen LogP contribution in [-0.2, 0) is 16.4 Å². The van der Waals surface area contributed by atoms with Crippen LogP contribution in [0.25, 0.3) is 0 Å². The maximum absolute atomic E-state index is 12.2. The number of nitrogens with one attached hydrogen (secondary N) is 1. The molecule has 0 amide bonds. The molecular weight excluding hydrogens is 334 g/mol. The molecule has 104 valence electrons. The molecule has 1 N–H and O–H groups in total. The van der Waals surface area contributed by atoms with Gasteiger partial charge in [0.25, 0.3) is 0 Å². The van der Waals surface area contributed by atoms with E-state index in [2.05, 4.69) is 20.7 Å². The summed E-state index contributed by atoms with van der Waals surface area (Å²) in [6.45, 7) is 6.08. The highest BCUT2D eigenvalue weighted by atomic mass is 79.9. The van der Waals surface area contributed by atoms with E-state index in [9.17, 15) is 8.42 Å². The molecule has 6 heteroatoms. The molecule has 1 heterocycles. The molecule has 3 nitrogen and oxygen atoms in total. The van der Waals surface area contributed by atoms with Crippen LogP contribution in [0.1, 0.15) is 32.1 Å². The van der Waals surface area contributed by atoms with Gasteiger partial charge in [-0.2, -0.15) is 0 Å². The van der Waals surface area contributed by atoms with E-state index in [0.29, 0.717) is 4.21 Å². The quantitative estimate of drug-likeness (QED) is 0.763. The Kier molecular flexibility index (Phi) is 6.30. The Balaban J connectivity index is 2.86. The summed E-state index contributed by atoms with van der Waals surface area (Å²) < 4.78 is 27.7. The van der Waals surface area contributed by atoms with Crippen molar-refractivity contribution in [2.24, 2.45) is 5.92 Å². The molecule has 0 aliphatic carbocycles. The minimum Gasteiger partial charge on any atom is -0.207 e. The highest BCUT2D eigenvalue weighted by molar-refractivity contribution is 9.09.